The van der Waals surface area contributed by atoms with Gasteiger partial charge in [0.25, 0.3) is 0 Å². The highest BCUT2D eigenvalue weighted by Crippen LogP contribution is 2.34. The van der Waals surface area contributed by atoms with Crippen LogP contribution in [0.5, 0.6) is 0 Å². The molecule has 1 heterocycles. The van der Waals surface area contributed by atoms with Gasteiger partial charge in [0.15, 0.2) is 0 Å². The molecule has 0 spiro atoms. The van der Waals surface area contributed by atoms with E-state index in [0.717, 1.165) is 12.8 Å². The molecule has 1 aliphatic rings. The molecule has 1 aromatic rings. The van der Waals surface area contributed by atoms with E-state index in [2.05, 4.69) is 22.4 Å². The molecule has 0 saturated heterocycles. The summed E-state index contributed by atoms with van der Waals surface area (Å²) in [7, 11) is 0. The van der Waals surface area contributed by atoms with E-state index in [1.807, 2.05) is 6.92 Å². The molecule has 0 aliphatic heterocycles. The molecule has 0 bridgehead atoms. The van der Waals surface area contributed by atoms with E-state index in [1.165, 1.54) is 6.42 Å². The fourth-order valence-electron chi connectivity index (χ4n) is 1.54. The number of hydrogen-bond acceptors (Lipinski definition) is 4. The van der Waals surface area contributed by atoms with Crippen LogP contribution in [0.3, 0.4) is 0 Å². The van der Waals surface area contributed by atoms with Crippen LogP contribution in [0.1, 0.15) is 44.4 Å². The highest BCUT2D eigenvalue weighted by atomic mass is 35.5. The summed E-state index contributed by atoms with van der Waals surface area (Å²) in [4.78, 5) is 0. The van der Waals surface area contributed by atoms with Gasteiger partial charge >= 0.3 is 6.01 Å². The Morgan fingerprint density at radius 2 is 2.21 bits per heavy atom. The highest BCUT2D eigenvalue weighted by molar-refractivity contribution is 6.20. The molecule has 5 heteroatoms. The third-order valence-electron chi connectivity index (χ3n) is 2.65. The van der Waals surface area contributed by atoms with Gasteiger partial charge in [-0.05, 0) is 33.1 Å². The van der Waals surface area contributed by atoms with Gasteiger partial charge in [-0.25, -0.2) is 0 Å². The molecule has 1 unspecified atom stereocenters. The van der Waals surface area contributed by atoms with Crippen molar-refractivity contribution in [3.63, 3.8) is 0 Å². The van der Waals surface area contributed by atoms with Crippen LogP contribution < -0.4 is 5.32 Å². The molecule has 1 atom stereocenters. The maximum atomic E-state index is 5.81. The number of nitrogens with zero attached hydrogens (tertiary/aromatic N) is 2. The average molecular weight is 216 g/mol. The Hall–Kier alpha value is -0.770. The van der Waals surface area contributed by atoms with E-state index in [-0.39, 0.29) is 10.9 Å². The first-order valence-electron chi connectivity index (χ1n) is 4.85. The standard InChI is InChI=1S/C9H14ClN3O/c1-6(10)7-12-13-8(14-7)11-9(2)4-3-5-9/h6H,3-5H2,1-2H3,(H,11,13). The minimum Gasteiger partial charge on any atom is -0.406 e. The van der Waals surface area contributed by atoms with Crippen molar-refractivity contribution in [1.82, 2.24) is 10.2 Å². The number of rotatable bonds is 3. The molecule has 4 nitrogen and oxygen atoms in total. The number of hydrogen-bond donors (Lipinski definition) is 1. The van der Waals surface area contributed by atoms with Gasteiger partial charge in [-0.15, -0.1) is 16.7 Å². The van der Waals surface area contributed by atoms with Gasteiger partial charge in [0.2, 0.25) is 5.89 Å². The van der Waals surface area contributed by atoms with Crippen LogP contribution in [-0.2, 0) is 0 Å². The lowest BCUT2D eigenvalue weighted by Crippen LogP contribution is -2.41. The SMILES string of the molecule is CC(Cl)c1nnc(NC2(C)CCC2)o1. The van der Waals surface area contributed by atoms with Crippen LogP contribution in [0.2, 0.25) is 0 Å². The molecule has 2 rings (SSSR count). The van der Waals surface area contributed by atoms with E-state index in [4.69, 9.17) is 16.0 Å². The van der Waals surface area contributed by atoms with Crippen molar-refractivity contribution >= 4 is 17.6 Å². The minimum absolute atomic E-state index is 0.138. The second kappa shape index (κ2) is 3.42. The lowest BCUT2D eigenvalue weighted by atomic mass is 9.79. The molecular formula is C9H14ClN3O. The molecule has 1 fully saturated rings. The zero-order chi connectivity index (χ0) is 10.2. The van der Waals surface area contributed by atoms with E-state index in [9.17, 15) is 0 Å². The third kappa shape index (κ3) is 1.85. The first-order chi connectivity index (χ1) is 6.59. The van der Waals surface area contributed by atoms with Crippen LogP contribution in [0.25, 0.3) is 0 Å². The predicted molar refractivity (Wildman–Crippen MR) is 54.4 cm³/mol. The highest BCUT2D eigenvalue weighted by Gasteiger charge is 2.33. The summed E-state index contributed by atoms with van der Waals surface area (Å²) in [6, 6.07) is 0.481. The van der Waals surface area contributed by atoms with Gasteiger partial charge in [0.1, 0.15) is 5.38 Å². The Morgan fingerprint density at radius 1 is 1.50 bits per heavy atom. The van der Waals surface area contributed by atoms with Crippen molar-refractivity contribution in [3.05, 3.63) is 5.89 Å². The average Bonchev–Trinajstić information content (AvgIpc) is 2.50. The number of alkyl halides is 1. The van der Waals surface area contributed by atoms with E-state index in [1.54, 1.807) is 0 Å². The normalized spacial score (nSPS) is 21.4. The molecular weight excluding hydrogens is 202 g/mol. The predicted octanol–water partition coefficient (Wildman–Crippen LogP) is 2.72. The van der Waals surface area contributed by atoms with Gasteiger partial charge in [-0.2, -0.15) is 0 Å². The van der Waals surface area contributed by atoms with E-state index >= 15 is 0 Å². The molecule has 1 aliphatic carbocycles. The number of halogens is 1. The maximum Gasteiger partial charge on any atom is 0.315 e. The zero-order valence-electron chi connectivity index (χ0n) is 8.38. The van der Waals surface area contributed by atoms with E-state index in [0.29, 0.717) is 11.9 Å². The lowest BCUT2D eigenvalue weighted by Gasteiger charge is -2.38. The first-order valence-corrected chi connectivity index (χ1v) is 5.28. The van der Waals surface area contributed by atoms with Crippen molar-refractivity contribution in [3.8, 4) is 0 Å². The summed E-state index contributed by atoms with van der Waals surface area (Å²) in [5, 5.41) is 10.7. The molecule has 1 saturated carbocycles. The lowest BCUT2D eigenvalue weighted by molar-refractivity contribution is 0.297. The van der Waals surface area contributed by atoms with Crippen molar-refractivity contribution in [2.75, 3.05) is 5.32 Å². The quantitative estimate of drug-likeness (QED) is 0.788. The summed E-state index contributed by atoms with van der Waals surface area (Å²) in [6.07, 6.45) is 3.57. The third-order valence-corrected chi connectivity index (χ3v) is 2.83. The summed E-state index contributed by atoms with van der Waals surface area (Å²) in [5.41, 5.74) is 0.138. The minimum atomic E-state index is -0.229. The van der Waals surface area contributed by atoms with Crippen molar-refractivity contribution in [2.24, 2.45) is 0 Å². The Morgan fingerprint density at radius 3 is 2.64 bits per heavy atom. The molecule has 0 amide bonds. The van der Waals surface area contributed by atoms with Crippen molar-refractivity contribution < 1.29 is 4.42 Å². The number of anilines is 1. The van der Waals surface area contributed by atoms with Crippen LogP contribution in [0, 0.1) is 0 Å². The Kier molecular flexibility index (Phi) is 2.39. The first kappa shape index (κ1) is 9.77. The monoisotopic (exact) mass is 215 g/mol. The zero-order valence-corrected chi connectivity index (χ0v) is 9.14. The Bertz CT molecular complexity index is 320. The summed E-state index contributed by atoms with van der Waals surface area (Å²) in [6.45, 7) is 3.97. The van der Waals surface area contributed by atoms with Crippen LogP contribution in [-0.4, -0.2) is 15.7 Å². The number of aromatic nitrogens is 2. The Balaban J connectivity index is 2.02. The largest absolute Gasteiger partial charge is 0.406 e. The van der Waals surface area contributed by atoms with Crippen LogP contribution in [0.4, 0.5) is 6.01 Å². The smallest absolute Gasteiger partial charge is 0.315 e. The van der Waals surface area contributed by atoms with Crippen LogP contribution >= 0.6 is 11.6 Å². The maximum absolute atomic E-state index is 5.81. The number of nitrogens with one attached hydrogen (secondary N) is 1. The van der Waals surface area contributed by atoms with Gasteiger partial charge < -0.3 is 9.73 Å². The molecule has 0 aromatic carbocycles. The second-order valence-electron chi connectivity index (χ2n) is 4.10. The second-order valence-corrected chi connectivity index (χ2v) is 4.76. The Labute approximate surface area is 88.0 Å². The van der Waals surface area contributed by atoms with Gasteiger partial charge in [0.05, 0.1) is 0 Å². The van der Waals surface area contributed by atoms with Gasteiger partial charge in [-0.3, -0.25) is 0 Å². The van der Waals surface area contributed by atoms with Crippen molar-refractivity contribution in [1.29, 1.82) is 0 Å². The van der Waals surface area contributed by atoms with Crippen LogP contribution in [0.15, 0.2) is 4.42 Å². The van der Waals surface area contributed by atoms with Gasteiger partial charge in [0, 0.05) is 5.54 Å². The molecule has 1 aromatic heterocycles. The van der Waals surface area contributed by atoms with Gasteiger partial charge in [-0.1, -0.05) is 5.10 Å². The summed E-state index contributed by atoms with van der Waals surface area (Å²) in [5.74, 6) is 0.470. The topological polar surface area (TPSA) is 51.0 Å². The summed E-state index contributed by atoms with van der Waals surface area (Å²) >= 11 is 5.81. The van der Waals surface area contributed by atoms with E-state index < -0.39 is 0 Å². The summed E-state index contributed by atoms with van der Waals surface area (Å²) < 4.78 is 5.35. The fraction of sp³-hybridized carbons (Fsp3) is 0.778. The molecule has 0 radical (unpaired) electrons. The molecule has 1 N–H and O–H groups in total. The molecule has 78 valence electrons. The van der Waals surface area contributed by atoms with Crippen molar-refractivity contribution in [2.45, 2.75) is 44.0 Å². The molecule has 14 heavy (non-hydrogen) atoms. The fourth-order valence-corrected chi connectivity index (χ4v) is 1.62.